The number of ether oxygens (including phenoxy) is 3. The Hall–Kier alpha value is -1.75. The van der Waals surface area contributed by atoms with Crippen molar-refractivity contribution in [2.75, 3.05) is 25.6 Å². The topological polar surface area (TPSA) is 60.1 Å². The van der Waals surface area contributed by atoms with Crippen LogP contribution >= 0.6 is 0 Å². The fraction of sp³-hybridized carbons (Fsp3) is 0.364. The molecule has 0 spiro atoms. The van der Waals surface area contributed by atoms with Crippen LogP contribution in [0.4, 0.5) is 5.69 Å². The molecule has 0 bridgehead atoms. The first-order chi connectivity index (χ1) is 7.78. The van der Waals surface area contributed by atoms with E-state index in [0.29, 0.717) is 23.8 Å². The molecule has 5 heteroatoms. The lowest BCUT2D eigenvalue weighted by Gasteiger charge is -2.21. The maximum atomic E-state index is 11.2. The summed E-state index contributed by atoms with van der Waals surface area (Å²) < 4.78 is 15.8. The van der Waals surface area contributed by atoms with Crippen molar-refractivity contribution in [2.24, 2.45) is 0 Å². The van der Waals surface area contributed by atoms with E-state index in [2.05, 4.69) is 5.32 Å². The van der Waals surface area contributed by atoms with Gasteiger partial charge in [-0.2, -0.15) is 0 Å². The zero-order chi connectivity index (χ0) is 11.1. The molecule has 2 heterocycles. The van der Waals surface area contributed by atoms with Crippen LogP contribution in [0.15, 0.2) is 12.1 Å². The third-order valence-electron chi connectivity index (χ3n) is 2.63. The highest BCUT2D eigenvalue weighted by Crippen LogP contribution is 2.44. The lowest BCUT2D eigenvalue weighted by atomic mass is 10.1. The molecule has 2 aliphatic heterocycles. The molecule has 16 heavy (non-hydrogen) atoms. The van der Waals surface area contributed by atoms with Gasteiger partial charge in [-0.3, -0.25) is 4.79 Å². The molecule has 1 atom stereocenters. The molecule has 5 nitrogen and oxygen atoms in total. The van der Waals surface area contributed by atoms with E-state index in [4.69, 9.17) is 14.2 Å². The van der Waals surface area contributed by atoms with Gasteiger partial charge in [-0.05, 0) is 6.07 Å². The Kier molecular flexibility index (Phi) is 2.00. The molecule has 0 saturated carbocycles. The second-order valence-electron chi connectivity index (χ2n) is 3.75. The van der Waals surface area contributed by atoms with E-state index >= 15 is 0 Å². The molecule has 0 aromatic heterocycles. The number of fused-ring (bicyclic) bond motifs is 1. The first-order valence-corrected chi connectivity index (χ1v) is 5.04. The largest absolute Gasteiger partial charge is 0.497 e. The molecular weight excluding hydrogens is 210 g/mol. The Morgan fingerprint density at radius 1 is 1.50 bits per heavy atom. The second-order valence-corrected chi connectivity index (χ2v) is 3.75. The maximum absolute atomic E-state index is 11.2. The van der Waals surface area contributed by atoms with Gasteiger partial charge in [0, 0.05) is 11.6 Å². The first-order valence-electron chi connectivity index (χ1n) is 5.04. The van der Waals surface area contributed by atoms with E-state index in [9.17, 15) is 4.79 Å². The number of anilines is 1. The highest BCUT2D eigenvalue weighted by atomic mass is 16.6. The molecule has 1 aromatic rings. The molecule has 2 aliphatic rings. The first kappa shape index (κ1) is 9.47. The van der Waals surface area contributed by atoms with Gasteiger partial charge in [0.15, 0.2) is 6.61 Å². The van der Waals surface area contributed by atoms with Gasteiger partial charge < -0.3 is 19.5 Å². The average molecular weight is 221 g/mol. The average Bonchev–Trinajstić information content (AvgIpc) is 3.10. The van der Waals surface area contributed by atoms with Gasteiger partial charge in [0.05, 0.1) is 19.4 Å². The number of hydrogen-bond acceptors (Lipinski definition) is 4. The van der Waals surface area contributed by atoms with Crippen molar-refractivity contribution in [1.82, 2.24) is 0 Å². The van der Waals surface area contributed by atoms with Crippen LogP contribution < -0.4 is 14.8 Å². The minimum absolute atomic E-state index is 0.0546. The summed E-state index contributed by atoms with van der Waals surface area (Å²) in [7, 11) is 1.59. The Morgan fingerprint density at radius 3 is 3.00 bits per heavy atom. The molecule has 84 valence electrons. The van der Waals surface area contributed by atoms with E-state index < -0.39 is 0 Å². The Bertz CT molecular complexity index is 454. The smallest absolute Gasteiger partial charge is 0.262 e. The van der Waals surface area contributed by atoms with Crippen LogP contribution in [0.2, 0.25) is 0 Å². The summed E-state index contributed by atoms with van der Waals surface area (Å²) in [5.74, 6) is 1.24. The molecule has 1 saturated heterocycles. The number of amides is 1. The lowest BCUT2D eigenvalue weighted by Crippen LogP contribution is -2.26. The summed E-state index contributed by atoms with van der Waals surface area (Å²) in [6.07, 6.45) is 0.0684. The summed E-state index contributed by atoms with van der Waals surface area (Å²) in [5.41, 5.74) is 1.59. The monoisotopic (exact) mass is 221 g/mol. The summed E-state index contributed by atoms with van der Waals surface area (Å²) in [6.45, 7) is 0.746. The number of nitrogens with one attached hydrogen (secondary N) is 1. The Balaban J connectivity index is 2.09. The number of carbonyl (C=O) groups is 1. The quantitative estimate of drug-likeness (QED) is 0.759. The standard InChI is InChI=1S/C11H11NO4/c1-14-6-2-7(9-4-15-9)11-8(3-6)12-10(13)5-16-11/h2-3,9H,4-5H2,1H3,(H,12,13)/t9-/m0/s1. The number of benzene rings is 1. The third kappa shape index (κ3) is 1.49. The van der Waals surface area contributed by atoms with Crippen LogP contribution in [0.1, 0.15) is 11.7 Å². The van der Waals surface area contributed by atoms with Crippen molar-refractivity contribution in [3.63, 3.8) is 0 Å². The predicted molar refractivity (Wildman–Crippen MR) is 55.8 cm³/mol. The van der Waals surface area contributed by atoms with Gasteiger partial charge in [-0.25, -0.2) is 0 Å². The van der Waals surface area contributed by atoms with Gasteiger partial charge in [-0.1, -0.05) is 0 Å². The van der Waals surface area contributed by atoms with Crippen molar-refractivity contribution in [2.45, 2.75) is 6.10 Å². The lowest BCUT2D eigenvalue weighted by molar-refractivity contribution is -0.118. The van der Waals surface area contributed by atoms with E-state index in [1.54, 1.807) is 13.2 Å². The van der Waals surface area contributed by atoms with Crippen LogP contribution in [-0.2, 0) is 9.53 Å². The SMILES string of the molecule is COc1cc2c(c([C@@H]3CO3)c1)OCC(=O)N2. The second kappa shape index (κ2) is 3.38. The van der Waals surface area contributed by atoms with Gasteiger partial charge in [0.2, 0.25) is 0 Å². The molecule has 0 unspecified atom stereocenters. The van der Waals surface area contributed by atoms with E-state index in [0.717, 1.165) is 5.56 Å². The fourth-order valence-corrected chi connectivity index (χ4v) is 1.79. The third-order valence-corrected chi connectivity index (χ3v) is 2.63. The predicted octanol–water partition coefficient (Wildman–Crippen LogP) is 1.10. The molecule has 1 aromatic carbocycles. The van der Waals surface area contributed by atoms with Crippen molar-refractivity contribution in [3.05, 3.63) is 17.7 Å². The van der Waals surface area contributed by atoms with Crippen molar-refractivity contribution in [3.8, 4) is 11.5 Å². The Morgan fingerprint density at radius 2 is 2.31 bits per heavy atom. The molecule has 0 radical (unpaired) electrons. The Labute approximate surface area is 92.3 Å². The van der Waals surface area contributed by atoms with Gasteiger partial charge >= 0.3 is 0 Å². The van der Waals surface area contributed by atoms with Gasteiger partial charge in [-0.15, -0.1) is 0 Å². The van der Waals surface area contributed by atoms with E-state index in [1.807, 2.05) is 6.07 Å². The number of carbonyl (C=O) groups excluding carboxylic acids is 1. The molecular formula is C11H11NO4. The number of methoxy groups -OCH3 is 1. The number of rotatable bonds is 2. The number of epoxide rings is 1. The molecule has 0 aliphatic carbocycles. The molecule has 1 amide bonds. The van der Waals surface area contributed by atoms with Crippen molar-refractivity contribution >= 4 is 11.6 Å². The number of hydrogen-bond donors (Lipinski definition) is 1. The van der Waals surface area contributed by atoms with Crippen LogP contribution in [0.3, 0.4) is 0 Å². The van der Waals surface area contributed by atoms with Crippen LogP contribution in [0, 0.1) is 0 Å². The summed E-state index contributed by atoms with van der Waals surface area (Å²) >= 11 is 0. The zero-order valence-electron chi connectivity index (χ0n) is 8.78. The normalized spacial score (nSPS) is 21.8. The molecule has 1 fully saturated rings. The minimum Gasteiger partial charge on any atom is -0.497 e. The molecule has 1 N–H and O–H groups in total. The van der Waals surface area contributed by atoms with E-state index in [-0.39, 0.29) is 18.6 Å². The minimum atomic E-state index is -0.150. The van der Waals surface area contributed by atoms with E-state index in [1.165, 1.54) is 0 Å². The van der Waals surface area contributed by atoms with Crippen LogP contribution in [0.25, 0.3) is 0 Å². The summed E-state index contributed by atoms with van der Waals surface area (Å²) in [4.78, 5) is 11.2. The maximum Gasteiger partial charge on any atom is 0.262 e. The molecule has 3 rings (SSSR count). The fourth-order valence-electron chi connectivity index (χ4n) is 1.79. The van der Waals surface area contributed by atoms with Crippen molar-refractivity contribution in [1.29, 1.82) is 0 Å². The highest BCUT2D eigenvalue weighted by Gasteiger charge is 2.32. The van der Waals surface area contributed by atoms with Crippen LogP contribution in [0.5, 0.6) is 11.5 Å². The zero-order valence-corrected chi connectivity index (χ0v) is 8.78. The summed E-state index contributed by atoms with van der Waals surface area (Å²) in [6, 6.07) is 3.63. The summed E-state index contributed by atoms with van der Waals surface area (Å²) in [5, 5.41) is 2.76. The highest BCUT2D eigenvalue weighted by molar-refractivity contribution is 5.96. The van der Waals surface area contributed by atoms with Crippen molar-refractivity contribution < 1.29 is 19.0 Å². The van der Waals surface area contributed by atoms with Gasteiger partial charge in [0.1, 0.15) is 17.6 Å². The van der Waals surface area contributed by atoms with Gasteiger partial charge in [0.25, 0.3) is 5.91 Å². The van der Waals surface area contributed by atoms with Crippen LogP contribution in [-0.4, -0.2) is 26.2 Å².